The van der Waals surface area contributed by atoms with E-state index in [-0.39, 0.29) is 0 Å². The molecule has 3 rings (SSSR count). The fourth-order valence-corrected chi connectivity index (χ4v) is 2.74. The Labute approximate surface area is 103 Å². The van der Waals surface area contributed by atoms with Crippen LogP contribution in [-0.2, 0) is 4.74 Å². The lowest BCUT2D eigenvalue weighted by atomic mass is 10.1. The van der Waals surface area contributed by atoms with E-state index >= 15 is 0 Å². The average molecular weight is 232 g/mol. The lowest BCUT2D eigenvalue weighted by Crippen LogP contribution is -2.58. The van der Waals surface area contributed by atoms with Gasteiger partial charge in [0, 0.05) is 31.9 Å². The summed E-state index contributed by atoms with van der Waals surface area (Å²) in [6.45, 7) is 8.44. The van der Waals surface area contributed by atoms with E-state index in [9.17, 15) is 0 Å². The number of hydrogen-bond donors (Lipinski definition) is 0. The molecule has 0 bridgehead atoms. The largest absolute Gasteiger partial charge is 0.378 e. The predicted molar refractivity (Wildman–Crippen MR) is 69.6 cm³/mol. The molecule has 3 nitrogen and oxygen atoms in total. The monoisotopic (exact) mass is 232 g/mol. The standard InChI is InChI=1S/C14H20N2O/c1-12-2-4-13(5-3-12)16-7-6-15-8-9-17-11-14(15)10-16/h2-5,14H,6-11H2,1H3. The Hall–Kier alpha value is -1.06. The first-order valence-electron chi connectivity index (χ1n) is 6.46. The molecule has 2 aliphatic rings. The molecule has 1 unspecified atom stereocenters. The van der Waals surface area contributed by atoms with E-state index in [1.807, 2.05) is 0 Å². The zero-order valence-corrected chi connectivity index (χ0v) is 10.4. The molecule has 2 saturated heterocycles. The second-order valence-corrected chi connectivity index (χ2v) is 5.05. The van der Waals surface area contributed by atoms with Gasteiger partial charge in [-0.2, -0.15) is 0 Å². The molecule has 2 aliphatic heterocycles. The van der Waals surface area contributed by atoms with Crippen molar-refractivity contribution in [3.05, 3.63) is 29.8 Å². The van der Waals surface area contributed by atoms with Gasteiger partial charge in [0.1, 0.15) is 0 Å². The Bertz CT molecular complexity index is 376. The van der Waals surface area contributed by atoms with E-state index in [4.69, 9.17) is 4.74 Å². The molecule has 0 saturated carbocycles. The normalized spacial score (nSPS) is 25.7. The van der Waals surface area contributed by atoms with Gasteiger partial charge < -0.3 is 9.64 Å². The molecular weight excluding hydrogens is 212 g/mol. The van der Waals surface area contributed by atoms with Crippen molar-refractivity contribution in [2.75, 3.05) is 44.3 Å². The van der Waals surface area contributed by atoms with Gasteiger partial charge in [0.25, 0.3) is 0 Å². The molecule has 3 heteroatoms. The Balaban J connectivity index is 1.71. The number of ether oxygens (including phenoxy) is 1. The Kier molecular flexibility index (Phi) is 3.04. The first kappa shape index (κ1) is 11.1. The van der Waals surface area contributed by atoms with Crippen molar-refractivity contribution in [3.8, 4) is 0 Å². The molecule has 1 aromatic rings. The number of fused-ring (bicyclic) bond motifs is 1. The van der Waals surface area contributed by atoms with E-state index < -0.39 is 0 Å². The number of benzene rings is 1. The zero-order chi connectivity index (χ0) is 11.7. The molecule has 1 atom stereocenters. The number of nitrogens with zero attached hydrogens (tertiary/aromatic N) is 2. The molecule has 2 heterocycles. The topological polar surface area (TPSA) is 15.7 Å². The van der Waals surface area contributed by atoms with Crippen LogP contribution in [0.3, 0.4) is 0 Å². The van der Waals surface area contributed by atoms with Gasteiger partial charge in [-0.15, -0.1) is 0 Å². The SMILES string of the molecule is Cc1ccc(N2CCN3CCOCC3C2)cc1. The fourth-order valence-electron chi connectivity index (χ4n) is 2.74. The lowest BCUT2D eigenvalue weighted by molar-refractivity contribution is -0.0116. The molecule has 1 aromatic carbocycles. The molecule has 0 radical (unpaired) electrons. The van der Waals surface area contributed by atoms with Crippen molar-refractivity contribution >= 4 is 5.69 Å². The van der Waals surface area contributed by atoms with E-state index in [0.29, 0.717) is 6.04 Å². The predicted octanol–water partition coefficient (Wildman–Crippen LogP) is 1.52. The Morgan fingerprint density at radius 3 is 2.76 bits per heavy atom. The van der Waals surface area contributed by atoms with Crippen LogP contribution in [0.15, 0.2) is 24.3 Å². The van der Waals surface area contributed by atoms with Crippen molar-refractivity contribution < 1.29 is 4.74 Å². The summed E-state index contributed by atoms with van der Waals surface area (Å²) in [4.78, 5) is 5.05. The van der Waals surface area contributed by atoms with Crippen LogP contribution in [-0.4, -0.2) is 50.3 Å². The average Bonchev–Trinajstić information content (AvgIpc) is 2.39. The zero-order valence-electron chi connectivity index (χ0n) is 10.4. The van der Waals surface area contributed by atoms with Gasteiger partial charge in [-0.1, -0.05) is 17.7 Å². The van der Waals surface area contributed by atoms with Gasteiger partial charge in [-0.3, -0.25) is 4.90 Å². The van der Waals surface area contributed by atoms with Crippen LogP contribution in [0, 0.1) is 6.92 Å². The molecule has 0 N–H and O–H groups in total. The van der Waals surface area contributed by atoms with Gasteiger partial charge in [0.15, 0.2) is 0 Å². The molecular formula is C14H20N2O. The quantitative estimate of drug-likeness (QED) is 0.730. The van der Waals surface area contributed by atoms with Crippen LogP contribution in [0.25, 0.3) is 0 Å². The van der Waals surface area contributed by atoms with Gasteiger partial charge >= 0.3 is 0 Å². The molecule has 0 aromatic heterocycles. The lowest BCUT2D eigenvalue weighted by Gasteiger charge is -2.44. The molecule has 92 valence electrons. The van der Waals surface area contributed by atoms with Crippen molar-refractivity contribution in [2.45, 2.75) is 13.0 Å². The van der Waals surface area contributed by atoms with Crippen LogP contribution in [0.5, 0.6) is 0 Å². The number of rotatable bonds is 1. The number of morpholine rings is 1. The van der Waals surface area contributed by atoms with Crippen LogP contribution >= 0.6 is 0 Å². The summed E-state index contributed by atoms with van der Waals surface area (Å²) >= 11 is 0. The van der Waals surface area contributed by atoms with E-state index in [1.165, 1.54) is 17.8 Å². The number of hydrogen-bond acceptors (Lipinski definition) is 3. The highest BCUT2D eigenvalue weighted by atomic mass is 16.5. The van der Waals surface area contributed by atoms with E-state index in [0.717, 1.165) is 32.8 Å². The third-order valence-corrected chi connectivity index (χ3v) is 3.84. The number of anilines is 1. The minimum absolute atomic E-state index is 0.582. The van der Waals surface area contributed by atoms with Crippen molar-refractivity contribution in [3.63, 3.8) is 0 Å². The summed E-state index contributed by atoms with van der Waals surface area (Å²) in [6.07, 6.45) is 0. The maximum Gasteiger partial charge on any atom is 0.0639 e. The third kappa shape index (κ3) is 2.31. The minimum atomic E-state index is 0.582. The number of aryl methyl sites for hydroxylation is 1. The first-order chi connectivity index (χ1) is 8.33. The molecule has 0 amide bonds. The summed E-state index contributed by atoms with van der Waals surface area (Å²) in [7, 11) is 0. The molecule has 0 spiro atoms. The maximum atomic E-state index is 5.57. The van der Waals surface area contributed by atoms with Crippen molar-refractivity contribution in [1.82, 2.24) is 4.90 Å². The van der Waals surface area contributed by atoms with Crippen molar-refractivity contribution in [1.29, 1.82) is 0 Å². The van der Waals surface area contributed by atoms with Gasteiger partial charge in [-0.25, -0.2) is 0 Å². The second kappa shape index (κ2) is 4.67. The van der Waals surface area contributed by atoms with Crippen molar-refractivity contribution in [2.24, 2.45) is 0 Å². The first-order valence-corrected chi connectivity index (χ1v) is 6.46. The molecule has 2 fully saturated rings. The minimum Gasteiger partial charge on any atom is -0.378 e. The fraction of sp³-hybridized carbons (Fsp3) is 0.571. The molecule has 17 heavy (non-hydrogen) atoms. The second-order valence-electron chi connectivity index (χ2n) is 5.05. The van der Waals surface area contributed by atoms with Gasteiger partial charge in [0.2, 0.25) is 0 Å². The van der Waals surface area contributed by atoms with Crippen LogP contribution < -0.4 is 4.90 Å². The highest BCUT2D eigenvalue weighted by Gasteiger charge is 2.29. The molecule has 0 aliphatic carbocycles. The highest BCUT2D eigenvalue weighted by Crippen LogP contribution is 2.21. The number of piperazine rings is 1. The summed E-state index contributed by atoms with van der Waals surface area (Å²) in [5.74, 6) is 0. The van der Waals surface area contributed by atoms with Gasteiger partial charge in [0.05, 0.1) is 19.3 Å². The summed E-state index contributed by atoms with van der Waals surface area (Å²) in [6, 6.07) is 9.43. The van der Waals surface area contributed by atoms with E-state index in [1.54, 1.807) is 0 Å². The highest BCUT2D eigenvalue weighted by molar-refractivity contribution is 5.48. The maximum absolute atomic E-state index is 5.57. The van der Waals surface area contributed by atoms with Gasteiger partial charge in [-0.05, 0) is 19.1 Å². The smallest absolute Gasteiger partial charge is 0.0639 e. The Morgan fingerprint density at radius 1 is 1.12 bits per heavy atom. The van der Waals surface area contributed by atoms with Crippen LogP contribution in [0.4, 0.5) is 5.69 Å². The summed E-state index contributed by atoms with van der Waals surface area (Å²) in [5, 5.41) is 0. The van der Waals surface area contributed by atoms with E-state index in [2.05, 4.69) is 41.0 Å². The summed E-state index contributed by atoms with van der Waals surface area (Å²) in [5.41, 5.74) is 2.68. The van der Waals surface area contributed by atoms with Crippen LogP contribution in [0.2, 0.25) is 0 Å². The summed E-state index contributed by atoms with van der Waals surface area (Å²) < 4.78 is 5.57. The third-order valence-electron chi connectivity index (χ3n) is 3.84. The Morgan fingerprint density at radius 2 is 1.94 bits per heavy atom. The van der Waals surface area contributed by atoms with Crippen LogP contribution in [0.1, 0.15) is 5.56 Å².